The minimum Gasteiger partial charge on any atom is -0.327 e. The molecule has 7 nitrogen and oxygen atoms in total. The Labute approximate surface area is 148 Å². The van der Waals surface area contributed by atoms with Crippen LogP contribution in [0.5, 0.6) is 0 Å². The van der Waals surface area contributed by atoms with Crippen molar-refractivity contribution in [3.05, 3.63) is 29.2 Å². The van der Waals surface area contributed by atoms with Crippen LogP contribution in [0.2, 0.25) is 0 Å². The second-order valence-corrected chi connectivity index (χ2v) is 7.21. The van der Waals surface area contributed by atoms with Gasteiger partial charge in [0.2, 0.25) is 0 Å². The highest BCUT2D eigenvalue weighted by atomic mass is 16.2. The Morgan fingerprint density at radius 1 is 1.24 bits per heavy atom. The molecule has 1 amide bonds. The van der Waals surface area contributed by atoms with Crippen LogP contribution in [0.25, 0.3) is 5.95 Å². The highest BCUT2D eigenvalue weighted by Gasteiger charge is 2.23. The normalized spacial score (nSPS) is 20.5. The number of anilines is 1. The zero-order chi connectivity index (χ0) is 18.0. The molecule has 0 spiro atoms. The van der Waals surface area contributed by atoms with Crippen LogP contribution in [0.3, 0.4) is 0 Å². The van der Waals surface area contributed by atoms with E-state index in [9.17, 15) is 4.79 Å². The Bertz CT molecular complexity index is 749. The molecule has 3 rings (SSSR count). The van der Waals surface area contributed by atoms with E-state index >= 15 is 0 Å². The Kier molecular flexibility index (Phi) is 5.13. The van der Waals surface area contributed by atoms with Gasteiger partial charge in [-0.15, -0.1) is 0 Å². The monoisotopic (exact) mass is 343 g/mol. The number of aryl methyl sites for hydroxylation is 3. The van der Waals surface area contributed by atoms with Crippen LogP contribution >= 0.6 is 0 Å². The maximum Gasteiger partial charge on any atom is 0.280 e. The molecule has 0 bridgehead atoms. The number of nitrogens with zero attached hydrogens (tertiary/aromatic N) is 4. The van der Waals surface area contributed by atoms with Gasteiger partial charge in [0, 0.05) is 23.4 Å². The number of hydrogen-bond acceptors (Lipinski definition) is 4. The zero-order valence-electron chi connectivity index (χ0n) is 15.5. The van der Waals surface area contributed by atoms with Crippen LogP contribution < -0.4 is 10.2 Å². The first kappa shape index (κ1) is 17.5. The molecule has 0 aliphatic carbocycles. The van der Waals surface area contributed by atoms with Crippen LogP contribution in [-0.2, 0) is 4.79 Å². The highest BCUT2D eigenvalue weighted by Crippen LogP contribution is 2.15. The zero-order valence-corrected chi connectivity index (χ0v) is 15.5. The highest BCUT2D eigenvalue weighted by molar-refractivity contribution is 5.90. The second kappa shape index (κ2) is 7.31. The van der Waals surface area contributed by atoms with E-state index in [0.29, 0.717) is 24.2 Å². The summed E-state index contributed by atoms with van der Waals surface area (Å²) in [5, 5.41) is 7.44. The van der Waals surface area contributed by atoms with E-state index in [-0.39, 0.29) is 5.91 Å². The fourth-order valence-corrected chi connectivity index (χ4v) is 3.52. The van der Waals surface area contributed by atoms with E-state index < -0.39 is 0 Å². The van der Waals surface area contributed by atoms with Gasteiger partial charge in [-0.25, -0.2) is 9.97 Å². The molecule has 7 heteroatoms. The van der Waals surface area contributed by atoms with Crippen molar-refractivity contribution < 1.29 is 9.69 Å². The Morgan fingerprint density at radius 3 is 2.64 bits per heavy atom. The molecule has 1 saturated heterocycles. The molecule has 3 heterocycles. The molecule has 1 aliphatic rings. The molecule has 1 aliphatic heterocycles. The third kappa shape index (κ3) is 4.42. The van der Waals surface area contributed by atoms with E-state index in [2.05, 4.69) is 27.3 Å². The molecule has 25 heavy (non-hydrogen) atoms. The van der Waals surface area contributed by atoms with Crippen LogP contribution in [0.15, 0.2) is 12.1 Å². The van der Waals surface area contributed by atoms with Gasteiger partial charge in [-0.3, -0.25) is 4.79 Å². The molecule has 2 N–H and O–H groups in total. The van der Waals surface area contributed by atoms with Gasteiger partial charge in [-0.05, 0) is 39.7 Å². The van der Waals surface area contributed by atoms with Crippen molar-refractivity contribution in [1.29, 1.82) is 0 Å². The third-order valence-electron chi connectivity index (χ3n) is 4.53. The number of piperidine rings is 1. The first-order valence-corrected chi connectivity index (χ1v) is 8.93. The lowest BCUT2D eigenvalue weighted by molar-refractivity contribution is -0.900. The van der Waals surface area contributed by atoms with Crippen molar-refractivity contribution in [2.24, 2.45) is 5.92 Å². The lowest BCUT2D eigenvalue weighted by Gasteiger charge is -2.27. The molecular weight excluding hydrogens is 316 g/mol. The SMILES string of the molecule is Cc1cc(C)nc(-n2nc(C)cc2NC(=O)C[NH+]2CCC[C@H](C)C2)n1. The minimum absolute atomic E-state index is 0.00891. The molecular formula is C18H27N6O+. The topological polar surface area (TPSA) is 77.1 Å². The Hall–Kier alpha value is -2.28. The molecule has 134 valence electrons. The molecule has 0 aromatic carbocycles. The summed E-state index contributed by atoms with van der Waals surface area (Å²) in [5.41, 5.74) is 2.57. The summed E-state index contributed by atoms with van der Waals surface area (Å²) in [7, 11) is 0. The first-order valence-electron chi connectivity index (χ1n) is 8.93. The standard InChI is InChI=1S/C18H26N6O/c1-12-6-5-7-23(10-12)11-17(25)21-16-9-15(4)22-24(16)18-19-13(2)8-14(3)20-18/h8-9,12H,5-7,10-11H2,1-4H3,(H,21,25)/p+1/t12-/m0/s1. The molecule has 0 saturated carbocycles. The third-order valence-corrected chi connectivity index (χ3v) is 4.53. The van der Waals surface area contributed by atoms with Crippen LogP contribution in [-0.4, -0.2) is 45.3 Å². The lowest BCUT2D eigenvalue weighted by Crippen LogP contribution is -3.14. The molecule has 1 fully saturated rings. The minimum atomic E-state index is 0.00891. The number of rotatable bonds is 4. The summed E-state index contributed by atoms with van der Waals surface area (Å²) < 4.78 is 1.61. The van der Waals surface area contributed by atoms with Gasteiger partial charge in [0.05, 0.1) is 18.8 Å². The summed E-state index contributed by atoms with van der Waals surface area (Å²) in [5.74, 6) is 1.81. The van der Waals surface area contributed by atoms with Gasteiger partial charge < -0.3 is 10.2 Å². The Morgan fingerprint density at radius 2 is 1.96 bits per heavy atom. The van der Waals surface area contributed by atoms with Crippen molar-refractivity contribution in [2.75, 3.05) is 25.0 Å². The maximum atomic E-state index is 12.5. The van der Waals surface area contributed by atoms with Crippen molar-refractivity contribution in [3.63, 3.8) is 0 Å². The summed E-state index contributed by atoms with van der Waals surface area (Å²) >= 11 is 0. The number of hydrogen-bond donors (Lipinski definition) is 2. The average molecular weight is 343 g/mol. The predicted molar refractivity (Wildman–Crippen MR) is 96.0 cm³/mol. The van der Waals surface area contributed by atoms with Crippen molar-refractivity contribution in [2.45, 2.75) is 40.5 Å². The van der Waals surface area contributed by atoms with E-state index in [4.69, 9.17) is 0 Å². The molecule has 2 aromatic heterocycles. The smallest absolute Gasteiger partial charge is 0.280 e. The van der Waals surface area contributed by atoms with Crippen LogP contribution in [0.4, 0.5) is 5.82 Å². The number of nitrogens with one attached hydrogen (secondary N) is 2. The maximum absolute atomic E-state index is 12.5. The number of aromatic nitrogens is 4. The largest absolute Gasteiger partial charge is 0.327 e. The van der Waals surface area contributed by atoms with Gasteiger partial charge >= 0.3 is 0 Å². The number of quaternary nitrogens is 1. The number of carbonyl (C=O) groups excluding carboxylic acids is 1. The fourth-order valence-electron chi connectivity index (χ4n) is 3.52. The fraction of sp³-hybridized carbons (Fsp3) is 0.556. The Balaban J connectivity index is 1.75. The second-order valence-electron chi connectivity index (χ2n) is 7.21. The summed E-state index contributed by atoms with van der Waals surface area (Å²) in [6.45, 7) is 10.6. The molecule has 2 atom stereocenters. The average Bonchev–Trinajstić information content (AvgIpc) is 2.86. The van der Waals surface area contributed by atoms with Gasteiger partial charge in [-0.1, -0.05) is 6.92 Å². The van der Waals surface area contributed by atoms with Gasteiger partial charge in [0.25, 0.3) is 11.9 Å². The first-order chi connectivity index (χ1) is 11.9. The number of likely N-dealkylation sites (tertiary alicyclic amines) is 1. The van der Waals surface area contributed by atoms with E-state index in [1.807, 2.05) is 32.9 Å². The summed E-state index contributed by atoms with van der Waals surface area (Å²) in [4.78, 5) is 22.7. The quantitative estimate of drug-likeness (QED) is 0.862. The molecule has 0 radical (unpaired) electrons. The van der Waals surface area contributed by atoms with Gasteiger partial charge in [0.1, 0.15) is 5.82 Å². The van der Waals surface area contributed by atoms with E-state index in [1.165, 1.54) is 17.7 Å². The van der Waals surface area contributed by atoms with Gasteiger partial charge in [0.15, 0.2) is 6.54 Å². The summed E-state index contributed by atoms with van der Waals surface area (Å²) in [6.07, 6.45) is 2.46. The number of carbonyl (C=O) groups is 1. The van der Waals surface area contributed by atoms with E-state index in [0.717, 1.165) is 30.2 Å². The van der Waals surface area contributed by atoms with Crippen LogP contribution in [0.1, 0.15) is 36.8 Å². The summed E-state index contributed by atoms with van der Waals surface area (Å²) in [6, 6.07) is 3.77. The predicted octanol–water partition coefficient (Wildman–Crippen LogP) is 0.841. The van der Waals surface area contributed by atoms with Crippen molar-refractivity contribution in [3.8, 4) is 5.95 Å². The van der Waals surface area contributed by atoms with E-state index in [1.54, 1.807) is 4.68 Å². The van der Waals surface area contributed by atoms with Crippen molar-refractivity contribution >= 4 is 11.7 Å². The number of amides is 1. The van der Waals surface area contributed by atoms with Crippen LogP contribution in [0, 0.1) is 26.7 Å². The lowest BCUT2D eigenvalue weighted by atomic mass is 10.0. The van der Waals surface area contributed by atoms with Crippen molar-refractivity contribution in [1.82, 2.24) is 19.7 Å². The molecule has 1 unspecified atom stereocenters. The molecule has 2 aromatic rings. The van der Waals surface area contributed by atoms with Gasteiger partial charge in [-0.2, -0.15) is 9.78 Å².